The zero-order chi connectivity index (χ0) is 16.8. The van der Waals surface area contributed by atoms with Gasteiger partial charge in [-0.2, -0.15) is 0 Å². The van der Waals surface area contributed by atoms with Crippen LogP contribution in [0.1, 0.15) is 24.8 Å². The summed E-state index contributed by atoms with van der Waals surface area (Å²) in [6, 6.07) is 15.9. The fourth-order valence-electron chi connectivity index (χ4n) is 2.58. The number of aryl methyl sites for hydroxylation is 1. The molecule has 0 amide bonds. The van der Waals surface area contributed by atoms with Crippen LogP contribution in [0.2, 0.25) is 0 Å². The molecule has 5 nitrogen and oxygen atoms in total. The molecule has 0 saturated carbocycles. The van der Waals surface area contributed by atoms with Gasteiger partial charge in [-0.15, -0.1) is 0 Å². The highest BCUT2D eigenvalue weighted by atomic mass is 16.4. The lowest BCUT2D eigenvalue weighted by molar-refractivity contribution is -0.137. The van der Waals surface area contributed by atoms with E-state index in [2.05, 4.69) is 27.4 Å². The maximum absolute atomic E-state index is 10.5. The van der Waals surface area contributed by atoms with Gasteiger partial charge in [-0.1, -0.05) is 24.3 Å². The molecule has 0 fully saturated rings. The largest absolute Gasteiger partial charge is 0.481 e. The maximum atomic E-state index is 10.5. The second kappa shape index (κ2) is 7.55. The highest BCUT2D eigenvalue weighted by Crippen LogP contribution is 2.19. The van der Waals surface area contributed by atoms with E-state index in [-0.39, 0.29) is 6.42 Å². The number of aromatic nitrogens is 2. The summed E-state index contributed by atoms with van der Waals surface area (Å²) in [5.74, 6) is -0.0305. The molecule has 0 bridgehead atoms. The molecule has 122 valence electrons. The Morgan fingerprint density at radius 1 is 1.04 bits per heavy atom. The summed E-state index contributed by atoms with van der Waals surface area (Å²) in [5.41, 5.74) is 3.86. The second-order valence-corrected chi connectivity index (χ2v) is 5.67. The Morgan fingerprint density at radius 2 is 1.88 bits per heavy atom. The number of hydrogen-bond acceptors (Lipinski definition) is 4. The Hall–Kier alpha value is -2.95. The van der Waals surface area contributed by atoms with Crippen molar-refractivity contribution < 1.29 is 9.90 Å². The van der Waals surface area contributed by atoms with Crippen LogP contribution < -0.4 is 5.32 Å². The van der Waals surface area contributed by atoms with Gasteiger partial charge < -0.3 is 10.4 Å². The highest BCUT2D eigenvalue weighted by Gasteiger charge is 2.02. The monoisotopic (exact) mass is 321 g/mol. The Bertz CT molecular complexity index is 849. The van der Waals surface area contributed by atoms with Crippen LogP contribution in [0.15, 0.2) is 54.7 Å². The van der Waals surface area contributed by atoms with Crippen molar-refractivity contribution in [1.82, 2.24) is 9.97 Å². The molecule has 5 heteroatoms. The predicted octanol–water partition coefficient (Wildman–Crippen LogP) is 4.17. The number of anilines is 2. The number of rotatable bonds is 7. The van der Waals surface area contributed by atoms with Gasteiger partial charge in [-0.25, -0.2) is 4.98 Å². The number of nitrogens with one attached hydrogen (secondary N) is 1. The van der Waals surface area contributed by atoms with Crippen molar-refractivity contribution in [3.8, 4) is 0 Å². The molecule has 0 radical (unpaired) electrons. The molecular formula is C19H19N3O2. The number of carboxylic acids is 1. The third-order valence-corrected chi connectivity index (χ3v) is 3.75. The first kappa shape index (κ1) is 15.9. The smallest absolute Gasteiger partial charge is 0.303 e. The first-order valence-corrected chi connectivity index (χ1v) is 8.00. The van der Waals surface area contributed by atoms with E-state index in [4.69, 9.17) is 5.11 Å². The average Bonchev–Trinajstić information content (AvgIpc) is 2.59. The molecule has 0 spiro atoms. The molecule has 3 rings (SSSR count). The standard InChI is InChI=1S/C19H19N3O2/c23-19(24)11-4-1-6-14-7-5-8-15(12-14)21-18-13-20-16-9-2-3-10-17(16)22-18/h2-3,5,7-10,12-13H,1,4,6,11H2,(H,21,22)(H,23,24). The minimum absolute atomic E-state index is 0.227. The van der Waals surface area contributed by atoms with Crippen molar-refractivity contribution in [2.45, 2.75) is 25.7 Å². The van der Waals surface area contributed by atoms with Gasteiger partial charge >= 0.3 is 5.97 Å². The molecule has 2 aromatic carbocycles. The van der Waals surface area contributed by atoms with E-state index in [1.54, 1.807) is 6.20 Å². The van der Waals surface area contributed by atoms with Crippen LogP contribution in [-0.2, 0) is 11.2 Å². The van der Waals surface area contributed by atoms with E-state index < -0.39 is 5.97 Å². The first-order valence-electron chi connectivity index (χ1n) is 8.00. The number of carboxylic acid groups (broad SMARTS) is 1. The minimum Gasteiger partial charge on any atom is -0.481 e. The minimum atomic E-state index is -0.736. The zero-order valence-corrected chi connectivity index (χ0v) is 13.3. The molecule has 0 saturated heterocycles. The van der Waals surface area contributed by atoms with Crippen molar-refractivity contribution in [2.75, 3.05) is 5.32 Å². The Balaban J connectivity index is 1.65. The molecule has 3 aromatic rings. The van der Waals surface area contributed by atoms with E-state index in [1.807, 2.05) is 36.4 Å². The third kappa shape index (κ3) is 4.29. The average molecular weight is 321 g/mol. The van der Waals surface area contributed by atoms with Crippen molar-refractivity contribution in [2.24, 2.45) is 0 Å². The predicted molar refractivity (Wildman–Crippen MR) is 94.5 cm³/mol. The molecule has 24 heavy (non-hydrogen) atoms. The molecule has 1 heterocycles. The molecule has 0 aliphatic carbocycles. The number of nitrogens with zero attached hydrogens (tertiary/aromatic N) is 2. The van der Waals surface area contributed by atoms with E-state index in [1.165, 1.54) is 5.56 Å². The Kier molecular flexibility index (Phi) is 5.01. The van der Waals surface area contributed by atoms with Gasteiger partial charge in [0.05, 0.1) is 17.2 Å². The SMILES string of the molecule is O=C(O)CCCCc1cccc(Nc2cnc3ccccc3n2)c1. The molecular weight excluding hydrogens is 302 g/mol. The van der Waals surface area contributed by atoms with Gasteiger partial charge in [0.25, 0.3) is 0 Å². The van der Waals surface area contributed by atoms with E-state index in [0.29, 0.717) is 12.2 Å². The van der Waals surface area contributed by atoms with Crippen molar-refractivity contribution in [3.63, 3.8) is 0 Å². The van der Waals surface area contributed by atoms with Crippen LogP contribution in [0.4, 0.5) is 11.5 Å². The van der Waals surface area contributed by atoms with Crippen LogP contribution in [0.3, 0.4) is 0 Å². The molecule has 0 aliphatic heterocycles. The number of aliphatic carboxylic acids is 1. The van der Waals surface area contributed by atoms with Crippen molar-refractivity contribution >= 4 is 28.5 Å². The number of hydrogen-bond donors (Lipinski definition) is 2. The van der Waals surface area contributed by atoms with Crippen LogP contribution >= 0.6 is 0 Å². The van der Waals surface area contributed by atoms with Crippen LogP contribution in [0.5, 0.6) is 0 Å². The summed E-state index contributed by atoms with van der Waals surface area (Å²) >= 11 is 0. The topological polar surface area (TPSA) is 75.1 Å². The summed E-state index contributed by atoms with van der Waals surface area (Å²) in [4.78, 5) is 19.5. The van der Waals surface area contributed by atoms with Gasteiger partial charge in [-0.05, 0) is 49.1 Å². The second-order valence-electron chi connectivity index (χ2n) is 5.67. The number of benzene rings is 2. The lowest BCUT2D eigenvalue weighted by Gasteiger charge is -2.08. The normalized spacial score (nSPS) is 10.7. The highest BCUT2D eigenvalue weighted by molar-refractivity contribution is 5.76. The third-order valence-electron chi connectivity index (χ3n) is 3.75. The maximum Gasteiger partial charge on any atom is 0.303 e. The van der Waals surface area contributed by atoms with Gasteiger partial charge in [-0.3, -0.25) is 9.78 Å². The van der Waals surface area contributed by atoms with Gasteiger partial charge in [0, 0.05) is 12.1 Å². The Labute approximate surface area is 140 Å². The molecule has 0 aliphatic rings. The summed E-state index contributed by atoms with van der Waals surface area (Å²) < 4.78 is 0. The fraction of sp³-hybridized carbons (Fsp3) is 0.211. The van der Waals surface area contributed by atoms with Crippen molar-refractivity contribution in [3.05, 3.63) is 60.3 Å². The lowest BCUT2D eigenvalue weighted by atomic mass is 10.1. The van der Waals surface area contributed by atoms with Crippen molar-refractivity contribution in [1.29, 1.82) is 0 Å². The zero-order valence-electron chi connectivity index (χ0n) is 13.3. The first-order chi connectivity index (χ1) is 11.7. The number of fused-ring (bicyclic) bond motifs is 1. The van der Waals surface area contributed by atoms with Crippen LogP contribution in [-0.4, -0.2) is 21.0 Å². The number of unbranched alkanes of at least 4 members (excludes halogenated alkanes) is 1. The van der Waals surface area contributed by atoms with E-state index >= 15 is 0 Å². The summed E-state index contributed by atoms with van der Waals surface area (Å²) in [7, 11) is 0. The van der Waals surface area contributed by atoms with Gasteiger partial charge in [0.2, 0.25) is 0 Å². The van der Waals surface area contributed by atoms with Crippen LogP contribution in [0, 0.1) is 0 Å². The molecule has 0 unspecified atom stereocenters. The quantitative estimate of drug-likeness (QED) is 0.639. The Morgan fingerprint density at radius 3 is 2.71 bits per heavy atom. The lowest BCUT2D eigenvalue weighted by Crippen LogP contribution is -1.97. The van der Waals surface area contributed by atoms with E-state index in [0.717, 1.165) is 29.6 Å². The summed E-state index contributed by atoms with van der Waals surface area (Å²) in [6.45, 7) is 0. The van der Waals surface area contributed by atoms with E-state index in [9.17, 15) is 4.79 Å². The molecule has 1 aromatic heterocycles. The summed E-state index contributed by atoms with van der Waals surface area (Å²) in [6.07, 6.45) is 4.38. The van der Waals surface area contributed by atoms with Crippen LogP contribution in [0.25, 0.3) is 11.0 Å². The van der Waals surface area contributed by atoms with Gasteiger partial charge in [0.1, 0.15) is 5.82 Å². The number of para-hydroxylation sites is 2. The van der Waals surface area contributed by atoms with Gasteiger partial charge in [0.15, 0.2) is 0 Å². The molecule has 2 N–H and O–H groups in total. The number of carbonyl (C=O) groups is 1. The summed E-state index contributed by atoms with van der Waals surface area (Å²) in [5, 5.41) is 11.9. The molecule has 0 atom stereocenters. The fourth-order valence-corrected chi connectivity index (χ4v) is 2.58.